The molecule has 1 saturated heterocycles. The van der Waals surface area contributed by atoms with Crippen LogP contribution in [0.25, 0.3) is 0 Å². The van der Waals surface area contributed by atoms with Crippen molar-refractivity contribution >= 4 is 5.91 Å². The molecule has 3 heteroatoms. The normalized spacial score (nSPS) is 24.8. The van der Waals surface area contributed by atoms with Crippen LogP contribution in [0.1, 0.15) is 43.9 Å². The quantitative estimate of drug-likeness (QED) is 0.877. The summed E-state index contributed by atoms with van der Waals surface area (Å²) in [6, 6.07) is 8.76. The summed E-state index contributed by atoms with van der Waals surface area (Å²) in [4.78, 5) is 12.3. The fourth-order valence-electron chi connectivity index (χ4n) is 2.85. The fourth-order valence-corrected chi connectivity index (χ4v) is 2.85. The lowest BCUT2D eigenvalue weighted by Crippen LogP contribution is -2.43. The van der Waals surface area contributed by atoms with Crippen molar-refractivity contribution in [3.63, 3.8) is 0 Å². The maximum atomic E-state index is 12.3. The third kappa shape index (κ3) is 3.57. The average molecular weight is 260 g/mol. The summed E-state index contributed by atoms with van der Waals surface area (Å²) in [5, 5.41) is 6.54. The van der Waals surface area contributed by atoms with E-state index in [-0.39, 0.29) is 17.9 Å². The van der Waals surface area contributed by atoms with Gasteiger partial charge in [0.05, 0.1) is 6.04 Å². The van der Waals surface area contributed by atoms with Crippen molar-refractivity contribution in [3.05, 3.63) is 35.4 Å². The number of carbonyl (C=O) groups excluding carboxylic acids is 1. The van der Waals surface area contributed by atoms with E-state index in [4.69, 9.17) is 0 Å². The Hall–Kier alpha value is -1.35. The largest absolute Gasteiger partial charge is 0.349 e. The van der Waals surface area contributed by atoms with Crippen LogP contribution in [-0.2, 0) is 4.79 Å². The number of piperidine rings is 1. The van der Waals surface area contributed by atoms with Gasteiger partial charge in [-0.2, -0.15) is 0 Å². The topological polar surface area (TPSA) is 41.1 Å². The van der Waals surface area contributed by atoms with Crippen molar-refractivity contribution in [3.8, 4) is 0 Å². The first kappa shape index (κ1) is 14.1. The molecule has 1 amide bonds. The predicted molar refractivity (Wildman–Crippen MR) is 77.9 cm³/mol. The maximum Gasteiger partial charge on any atom is 0.223 e. The molecule has 1 aromatic carbocycles. The van der Waals surface area contributed by atoms with Crippen LogP contribution in [0.4, 0.5) is 0 Å². The molecule has 1 aromatic rings. The summed E-state index contributed by atoms with van der Waals surface area (Å²) in [6.07, 6.45) is 1.88. The van der Waals surface area contributed by atoms with Crippen molar-refractivity contribution < 1.29 is 4.79 Å². The van der Waals surface area contributed by atoms with E-state index in [9.17, 15) is 4.79 Å². The molecule has 2 rings (SSSR count). The summed E-state index contributed by atoms with van der Waals surface area (Å²) in [5.74, 6) is 0.354. The van der Waals surface area contributed by atoms with Gasteiger partial charge in [-0.1, -0.05) is 24.3 Å². The molecule has 104 valence electrons. The Kier molecular flexibility index (Phi) is 4.59. The monoisotopic (exact) mass is 260 g/mol. The average Bonchev–Trinajstić information content (AvgIpc) is 2.39. The molecule has 0 saturated carbocycles. The van der Waals surface area contributed by atoms with Gasteiger partial charge in [-0.3, -0.25) is 4.79 Å². The molecule has 2 unspecified atom stereocenters. The first-order valence-corrected chi connectivity index (χ1v) is 7.17. The van der Waals surface area contributed by atoms with Gasteiger partial charge >= 0.3 is 0 Å². The standard InChI is InChI=1S/C16H24N2O/c1-11-6-4-5-7-15(11)13(3)18-16(19)14-8-9-17-12(2)10-14/h4-7,12-14,17H,8-10H2,1-3H3,(H,18,19)/t12?,13-,14?/m0/s1. The molecular weight excluding hydrogens is 236 g/mol. The Balaban J connectivity index is 1.97. The highest BCUT2D eigenvalue weighted by atomic mass is 16.1. The predicted octanol–water partition coefficient (Wildman–Crippen LogP) is 2.56. The van der Waals surface area contributed by atoms with E-state index >= 15 is 0 Å². The Morgan fingerprint density at radius 3 is 2.84 bits per heavy atom. The highest BCUT2D eigenvalue weighted by molar-refractivity contribution is 5.79. The zero-order valence-corrected chi connectivity index (χ0v) is 12.1. The Morgan fingerprint density at radius 2 is 2.16 bits per heavy atom. The van der Waals surface area contributed by atoms with Crippen LogP contribution in [0.3, 0.4) is 0 Å². The second-order valence-corrected chi connectivity index (χ2v) is 5.66. The van der Waals surface area contributed by atoms with Gasteiger partial charge in [0, 0.05) is 12.0 Å². The van der Waals surface area contributed by atoms with E-state index in [2.05, 4.69) is 43.5 Å². The SMILES string of the molecule is Cc1ccccc1[C@H](C)NC(=O)C1CCNC(C)C1. The molecule has 1 fully saturated rings. The molecule has 0 aromatic heterocycles. The second-order valence-electron chi connectivity index (χ2n) is 5.66. The number of hydrogen-bond acceptors (Lipinski definition) is 2. The summed E-state index contributed by atoms with van der Waals surface area (Å²) < 4.78 is 0. The maximum absolute atomic E-state index is 12.3. The molecule has 0 radical (unpaired) electrons. The minimum atomic E-state index is 0.0823. The van der Waals surface area contributed by atoms with Crippen LogP contribution in [-0.4, -0.2) is 18.5 Å². The Bertz CT molecular complexity index is 444. The Morgan fingerprint density at radius 1 is 1.42 bits per heavy atom. The first-order valence-electron chi connectivity index (χ1n) is 7.17. The van der Waals surface area contributed by atoms with Gasteiger partial charge in [0.1, 0.15) is 0 Å². The molecule has 19 heavy (non-hydrogen) atoms. The summed E-state index contributed by atoms with van der Waals surface area (Å²) in [6.45, 7) is 7.23. The number of rotatable bonds is 3. The highest BCUT2D eigenvalue weighted by Crippen LogP contribution is 2.20. The van der Waals surface area contributed by atoms with Crippen molar-refractivity contribution in [2.24, 2.45) is 5.92 Å². The van der Waals surface area contributed by atoms with Gasteiger partial charge < -0.3 is 10.6 Å². The van der Waals surface area contributed by atoms with Gasteiger partial charge in [-0.25, -0.2) is 0 Å². The molecule has 3 atom stereocenters. The lowest BCUT2D eigenvalue weighted by molar-refractivity contribution is -0.126. The van der Waals surface area contributed by atoms with Crippen LogP contribution in [0.5, 0.6) is 0 Å². The lowest BCUT2D eigenvalue weighted by Gasteiger charge is -2.28. The van der Waals surface area contributed by atoms with E-state index in [0.717, 1.165) is 19.4 Å². The van der Waals surface area contributed by atoms with E-state index < -0.39 is 0 Å². The molecule has 2 N–H and O–H groups in total. The zero-order valence-electron chi connectivity index (χ0n) is 12.1. The van der Waals surface area contributed by atoms with Gasteiger partial charge in [0.2, 0.25) is 5.91 Å². The van der Waals surface area contributed by atoms with Crippen molar-refractivity contribution in [1.82, 2.24) is 10.6 Å². The lowest BCUT2D eigenvalue weighted by atomic mass is 9.92. The van der Waals surface area contributed by atoms with Gasteiger partial charge in [-0.15, -0.1) is 0 Å². The fraction of sp³-hybridized carbons (Fsp3) is 0.562. The first-order chi connectivity index (χ1) is 9.08. The number of benzene rings is 1. The van der Waals surface area contributed by atoms with Crippen molar-refractivity contribution in [1.29, 1.82) is 0 Å². The molecule has 0 aliphatic carbocycles. The number of nitrogens with one attached hydrogen (secondary N) is 2. The van der Waals surface area contributed by atoms with Gasteiger partial charge in [0.15, 0.2) is 0 Å². The molecule has 1 aliphatic heterocycles. The van der Waals surface area contributed by atoms with Crippen molar-refractivity contribution in [2.75, 3.05) is 6.54 Å². The van der Waals surface area contributed by atoms with E-state index in [1.54, 1.807) is 0 Å². The molecular formula is C16H24N2O. The molecule has 3 nitrogen and oxygen atoms in total. The van der Waals surface area contributed by atoms with E-state index in [1.807, 2.05) is 12.1 Å². The smallest absolute Gasteiger partial charge is 0.223 e. The minimum Gasteiger partial charge on any atom is -0.349 e. The summed E-state index contributed by atoms with van der Waals surface area (Å²) in [5.41, 5.74) is 2.44. The molecule has 1 heterocycles. The number of carbonyl (C=O) groups is 1. The third-order valence-electron chi connectivity index (χ3n) is 4.01. The highest BCUT2D eigenvalue weighted by Gasteiger charge is 2.25. The van der Waals surface area contributed by atoms with Crippen LogP contribution in [0.2, 0.25) is 0 Å². The van der Waals surface area contributed by atoms with Crippen molar-refractivity contribution in [2.45, 2.75) is 45.7 Å². The van der Waals surface area contributed by atoms with Crippen LogP contribution >= 0.6 is 0 Å². The second kappa shape index (κ2) is 6.20. The summed E-state index contributed by atoms with van der Waals surface area (Å²) in [7, 11) is 0. The Labute approximate surface area is 115 Å². The summed E-state index contributed by atoms with van der Waals surface area (Å²) >= 11 is 0. The number of amides is 1. The van der Waals surface area contributed by atoms with Gasteiger partial charge in [0.25, 0.3) is 0 Å². The van der Waals surface area contributed by atoms with Crippen LogP contribution < -0.4 is 10.6 Å². The zero-order chi connectivity index (χ0) is 13.8. The van der Waals surface area contributed by atoms with Crippen LogP contribution in [0.15, 0.2) is 24.3 Å². The van der Waals surface area contributed by atoms with Gasteiger partial charge in [-0.05, 0) is 51.3 Å². The number of aryl methyl sites for hydroxylation is 1. The van der Waals surface area contributed by atoms with Crippen LogP contribution in [0, 0.1) is 12.8 Å². The number of hydrogen-bond donors (Lipinski definition) is 2. The molecule has 0 bridgehead atoms. The molecule has 1 aliphatic rings. The third-order valence-corrected chi connectivity index (χ3v) is 4.01. The molecule has 0 spiro atoms. The van der Waals surface area contributed by atoms with E-state index in [0.29, 0.717) is 6.04 Å². The minimum absolute atomic E-state index is 0.0823. The van der Waals surface area contributed by atoms with E-state index in [1.165, 1.54) is 11.1 Å².